The van der Waals surface area contributed by atoms with Crippen LogP contribution in [0.5, 0.6) is 5.75 Å². The summed E-state index contributed by atoms with van der Waals surface area (Å²) in [6.45, 7) is 0. The van der Waals surface area contributed by atoms with E-state index in [0.29, 0.717) is 23.2 Å². The molecule has 4 heteroatoms. The zero-order chi connectivity index (χ0) is 14.4. The Morgan fingerprint density at radius 3 is 2.76 bits per heavy atom. The molecule has 106 valence electrons. The lowest BCUT2D eigenvalue weighted by Gasteiger charge is -2.16. The second kappa shape index (κ2) is 4.58. The van der Waals surface area contributed by atoms with Crippen LogP contribution in [0.15, 0.2) is 51.7 Å². The Kier molecular flexibility index (Phi) is 2.70. The Bertz CT molecular complexity index is 802. The summed E-state index contributed by atoms with van der Waals surface area (Å²) in [4.78, 5) is 23.5. The van der Waals surface area contributed by atoms with Crippen molar-refractivity contribution >= 4 is 16.9 Å². The number of carbonyl (C=O) groups excluding carboxylic acids is 1. The Morgan fingerprint density at radius 2 is 2.00 bits per heavy atom. The molecule has 1 fully saturated rings. The minimum atomic E-state index is -0.413. The van der Waals surface area contributed by atoms with Gasteiger partial charge in [0.15, 0.2) is 0 Å². The fourth-order valence-corrected chi connectivity index (χ4v) is 3.35. The van der Waals surface area contributed by atoms with Crippen molar-refractivity contribution in [3.05, 3.63) is 52.9 Å². The first kappa shape index (κ1) is 12.4. The van der Waals surface area contributed by atoms with Crippen LogP contribution in [-0.2, 0) is 4.79 Å². The van der Waals surface area contributed by atoms with Crippen LogP contribution in [0.1, 0.15) is 12.8 Å². The van der Waals surface area contributed by atoms with Crippen molar-refractivity contribution in [1.29, 1.82) is 0 Å². The van der Waals surface area contributed by atoms with E-state index in [1.54, 1.807) is 24.3 Å². The number of fused-ring (bicyclic) bond motifs is 3. The average molecular weight is 282 g/mol. The summed E-state index contributed by atoms with van der Waals surface area (Å²) in [7, 11) is 0. The maximum Gasteiger partial charge on any atom is 0.336 e. The first-order valence-electron chi connectivity index (χ1n) is 7.13. The van der Waals surface area contributed by atoms with E-state index in [1.807, 2.05) is 0 Å². The standard InChI is InChI=1S/C17H14O4/c18-16-6-4-11-3-5-13(9-15(11)21-16)20-17(19)14-8-10-1-2-12(14)7-10/h1-6,9-10,12,14H,7-8H2. The van der Waals surface area contributed by atoms with Gasteiger partial charge in [-0.05, 0) is 42.9 Å². The normalized spacial score (nSPS) is 26.4. The molecule has 0 spiro atoms. The largest absolute Gasteiger partial charge is 0.426 e. The van der Waals surface area contributed by atoms with Crippen LogP contribution in [-0.4, -0.2) is 5.97 Å². The summed E-state index contributed by atoms with van der Waals surface area (Å²) in [5, 5.41) is 0.803. The minimum Gasteiger partial charge on any atom is -0.426 e. The van der Waals surface area contributed by atoms with Gasteiger partial charge in [0.2, 0.25) is 0 Å². The SMILES string of the molecule is O=C(Oc1ccc2ccc(=O)oc2c1)C1CC2C=CC1C2. The Hall–Kier alpha value is -2.36. The van der Waals surface area contributed by atoms with Crippen molar-refractivity contribution in [2.75, 3.05) is 0 Å². The summed E-state index contributed by atoms with van der Waals surface area (Å²) in [6, 6.07) is 8.16. The average Bonchev–Trinajstić information content (AvgIpc) is 3.09. The van der Waals surface area contributed by atoms with Gasteiger partial charge in [-0.25, -0.2) is 4.79 Å². The molecule has 2 aromatic rings. The molecule has 4 rings (SSSR count). The number of hydrogen-bond acceptors (Lipinski definition) is 4. The fourth-order valence-electron chi connectivity index (χ4n) is 3.35. The van der Waals surface area contributed by atoms with Gasteiger partial charge in [0.25, 0.3) is 0 Å². The lowest BCUT2D eigenvalue weighted by atomic mass is 9.94. The molecule has 4 nitrogen and oxygen atoms in total. The van der Waals surface area contributed by atoms with Gasteiger partial charge >= 0.3 is 11.6 Å². The van der Waals surface area contributed by atoms with E-state index in [0.717, 1.165) is 18.2 Å². The predicted octanol–water partition coefficient (Wildman–Crippen LogP) is 2.91. The Balaban J connectivity index is 1.58. The molecule has 3 unspecified atom stereocenters. The number of ether oxygens (including phenoxy) is 1. The molecule has 0 radical (unpaired) electrons. The molecular weight excluding hydrogens is 268 g/mol. The lowest BCUT2D eigenvalue weighted by Crippen LogP contribution is -2.23. The van der Waals surface area contributed by atoms with E-state index in [1.165, 1.54) is 6.07 Å². The third-order valence-electron chi connectivity index (χ3n) is 4.39. The van der Waals surface area contributed by atoms with Gasteiger partial charge in [-0.3, -0.25) is 4.79 Å². The quantitative estimate of drug-likeness (QED) is 0.368. The molecule has 1 heterocycles. The van der Waals surface area contributed by atoms with E-state index in [9.17, 15) is 9.59 Å². The second-order valence-corrected chi connectivity index (χ2v) is 5.76. The highest BCUT2D eigenvalue weighted by Gasteiger charge is 2.40. The van der Waals surface area contributed by atoms with Gasteiger partial charge in [0, 0.05) is 17.5 Å². The van der Waals surface area contributed by atoms with Crippen LogP contribution in [0, 0.1) is 17.8 Å². The molecule has 21 heavy (non-hydrogen) atoms. The number of rotatable bonds is 2. The summed E-state index contributed by atoms with van der Waals surface area (Å²) >= 11 is 0. The van der Waals surface area contributed by atoms with Gasteiger partial charge in [-0.15, -0.1) is 0 Å². The summed E-state index contributed by atoms with van der Waals surface area (Å²) in [6.07, 6.45) is 6.26. The monoisotopic (exact) mass is 282 g/mol. The zero-order valence-electron chi connectivity index (χ0n) is 11.3. The molecule has 0 saturated heterocycles. The number of allylic oxidation sites excluding steroid dienone is 2. The number of esters is 1. The van der Waals surface area contributed by atoms with E-state index < -0.39 is 5.63 Å². The first-order valence-corrected chi connectivity index (χ1v) is 7.13. The highest BCUT2D eigenvalue weighted by molar-refractivity contribution is 5.81. The molecule has 1 saturated carbocycles. The zero-order valence-corrected chi connectivity index (χ0v) is 11.3. The maximum absolute atomic E-state index is 12.3. The fraction of sp³-hybridized carbons (Fsp3) is 0.294. The van der Waals surface area contributed by atoms with Crippen molar-refractivity contribution in [3.8, 4) is 5.75 Å². The second-order valence-electron chi connectivity index (χ2n) is 5.76. The molecule has 2 aliphatic rings. The van der Waals surface area contributed by atoms with Gasteiger partial charge < -0.3 is 9.15 Å². The minimum absolute atomic E-state index is 0.0431. The van der Waals surface area contributed by atoms with Crippen molar-refractivity contribution in [2.24, 2.45) is 17.8 Å². The molecule has 0 amide bonds. The molecule has 0 aliphatic heterocycles. The maximum atomic E-state index is 12.3. The first-order chi connectivity index (χ1) is 10.2. The summed E-state index contributed by atoms with van der Waals surface area (Å²) < 4.78 is 10.6. The van der Waals surface area contributed by atoms with Gasteiger partial charge in [0.1, 0.15) is 11.3 Å². The third kappa shape index (κ3) is 2.17. The van der Waals surface area contributed by atoms with Crippen LogP contribution in [0.4, 0.5) is 0 Å². The van der Waals surface area contributed by atoms with E-state index >= 15 is 0 Å². The van der Waals surface area contributed by atoms with Crippen LogP contribution >= 0.6 is 0 Å². The van der Waals surface area contributed by atoms with Crippen molar-refractivity contribution < 1.29 is 13.9 Å². The third-order valence-corrected chi connectivity index (χ3v) is 4.39. The van der Waals surface area contributed by atoms with Crippen LogP contribution in [0.25, 0.3) is 11.0 Å². The summed E-state index contributed by atoms with van der Waals surface area (Å²) in [5.41, 5.74) is 0.0184. The van der Waals surface area contributed by atoms with Crippen molar-refractivity contribution in [1.82, 2.24) is 0 Å². The molecule has 3 atom stereocenters. The van der Waals surface area contributed by atoms with E-state index in [2.05, 4.69) is 12.2 Å². The molecule has 1 aromatic carbocycles. The van der Waals surface area contributed by atoms with Crippen LogP contribution < -0.4 is 10.4 Å². The van der Waals surface area contributed by atoms with Crippen LogP contribution in [0.3, 0.4) is 0 Å². The van der Waals surface area contributed by atoms with Crippen molar-refractivity contribution in [3.63, 3.8) is 0 Å². The number of carbonyl (C=O) groups is 1. The van der Waals surface area contributed by atoms with Gasteiger partial charge in [0.05, 0.1) is 5.92 Å². The number of hydrogen-bond donors (Lipinski definition) is 0. The topological polar surface area (TPSA) is 56.5 Å². The van der Waals surface area contributed by atoms with Gasteiger partial charge in [-0.2, -0.15) is 0 Å². The predicted molar refractivity (Wildman–Crippen MR) is 77.0 cm³/mol. The molecular formula is C17H14O4. The highest BCUT2D eigenvalue weighted by atomic mass is 16.5. The molecule has 0 N–H and O–H groups in total. The van der Waals surface area contributed by atoms with E-state index in [4.69, 9.17) is 9.15 Å². The van der Waals surface area contributed by atoms with Crippen molar-refractivity contribution in [2.45, 2.75) is 12.8 Å². The van der Waals surface area contributed by atoms with E-state index in [-0.39, 0.29) is 11.9 Å². The summed E-state index contributed by atoms with van der Waals surface area (Å²) in [5.74, 6) is 1.04. The molecule has 1 aromatic heterocycles. The number of benzene rings is 1. The smallest absolute Gasteiger partial charge is 0.336 e. The highest BCUT2D eigenvalue weighted by Crippen LogP contribution is 2.44. The lowest BCUT2D eigenvalue weighted by molar-refractivity contribution is -0.139. The molecule has 2 aliphatic carbocycles. The van der Waals surface area contributed by atoms with Gasteiger partial charge in [-0.1, -0.05) is 12.2 Å². The Morgan fingerprint density at radius 1 is 1.14 bits per heavy atom. The van der Waals surface area contributed by atoms with Crippen LogP contribution in [0.2, 0.25) is 0 Å². The Labute approximate surface area is 121 Å². The molecule has 2 bridgehead atoms.